The number of nitrogens with zero attached hydrogens (tertiary/aromatic N) is 1. The van der Waals surface area contributed by atoms with Crippen LogP contribution in [0.1, 0.15) is 17.7 Å². The lowest BCUT2D eigenvalue weighted by molar-refractivity contribution is -0.146. The summed E-state index contributed by atoms with van der Waals surface area (Å²) in [5, 5.41) is 2.07. The molecule has 2 rings (SSSR count). The molecule has 16 heavy (non-hydrogen) atoms. The van der Waals surface area contributed by atoms with Crippen LogP contribution in [-0.4, -0.2) is 30.6 Å². The largest absolute Gasteiger partial charge is 0.468 e. The summed E-state index contributed by atoms with van der Waals surface area (Å²) in [6, 6.07) is 2.06. The molecular formula is C11H14BrNO2S. The first-order chi connectivity index (χ1) is 7.70. The van der Waals surface area contributed by atoms with E-state index in [-0.39, 0.29) is 12.0 Å². The van der Waals surface area contributed by atoms with Gasteiger partial charge in [-0.2, -0.15) is 0 Å². The van der Waals surface area contributed by atoms with E-state index in [1.807, 2.05) is 0 Å². The summed E-state index contributed by atoms with van der Waals surface area (Å²) in [6.07, 6.45) is 1.99. The van der Waals surface area contributed by atoms with E-state index in [0.717, 1.165) is 30.4 Å². The minimum Gasteiger partial charge on any atom is -0.468 e. The number of carbonyl (C=O) groups excluding carboxylic acids is 1. The van der Waals surface area contributed by atoms with E-state index >= 15 is 0 Å². The minimum absolute atomic E-state index is 0.0501. The molecule has 2 heterocycles. The second kappa shape index (κ2) is 5.29. The van der Waals surface area contributed by atoms with Crippen molar-refractivity contribution in [2.24, 2.45) is 0 Å². The normalized spacial score (nSPS) is 21.2. The summed E-state index contributed by atoms with van der Waals surface area (Å²) in [4.78, 5) is 15.0. The van der Waals surface area contributed by atoms with Gasteiger partial charge in [0.25, 0.3) is 0 Å². The Balaban J connectivity index is 2.01. The van der Waals surface area contributed by atoms with E-state index in [0.29, 0.717) is 0 Å². The first-order valence-corrected chi connectivity index (χ1v) is 6.93. The number of methoxy groups -OCH3 is 1. The van der Waals surface area contributed by atoms with Gasteiger partial charge in [-0.1, -0.05) is 0 Å². The molecule has 0 N–H and O–H groups in total. The van der Waals surface area contributed by atoms with Crippen LogP contribution in [0.4, 0.5) is 0 Å². The molecule has 1 aromatic rings. The second-order valence-corrected chi connectivity index (χ2v) is 5.79. The van der Waals surface area contributed by atoms with Gasteiger partial charge >= 0.3 is 5.97 Å². The standard InChI is InChI=1S/C11H14BrNO2S/c1-15-11(14)10-3-2-4-13(10)6-9-5-8(12)7-16-9/h5,7,10H,2-4,6H2,1H3. The van der Waals surface area contributed by atoms with E-state index in [4.69, 9.17) is 4.74 Å². The summed E-state index contributed by atoms with van der Waals surface area (Å²) < 4.78 is 5.93. The van der Waals surface area contributed by atoms with Crippen LogP contribution in [-0.2, 0) is 16.1 Å². The van der Waals surface area contributed by atoms with Crippen molar-refractivity contribution in [2.75, 3.05) is 13.7 Å². The van der Waals surface area contributed by atoms with Crippen LogP contribution in [0.5, 0.6) is 0 Å². The highest BCUT2D eigenvalue weighted by Crippen LogP contribution is 2.25. The van der Waals surface area contributed by atoms with Gasteiger partial charge in [0, 0.05) is 21.3 Å². The molecule has 0 radical (unpaired) electrons. The number of ether oxygens (including phenoxy) is 1. The molecule has 0 spiro atoms. The first kappa shape index (κ1) is 12.1. The zero-order valence-electron chi connectivity index (χ0n) is 9.11. The highest BCUT2D eigenvalue weighted by molar-refractivity contribution is 9.10. The molecule has 1 saturated heterocycles. The maximum Gasteiger partial charge on any atom is 0.323 e. The molecule has 0 saturated carbocycles. The molecule has 0 amide bonds. The summed E-state index contributed by atoms with van der Waals surface area (Å²) >= 11 is 5.16. The molecule has 1 aliphatic heterocycles. The van der Waals surface area contributed by atoms with Gasteiger partial charge in [0.2, 0.25) is 0 Å². The number of carbonyl (C=O) groups is 1. The average molecular weight is 304 g/mol. The van der Waals surface area contributed by atoms with Crippen molar-refractivity contribution >= 4 is 33.2 Å². The Morgan fingerprint density at radius 3 is 3.19 bits per heavy atom. The maximum absolute atomic E-state index is 11.6. The summed E-state index contributed by atoms with van der Waals surface area (Å²) in [5.74, 6) is -0.104. The number of thiophene rings is 1. The van der Waals surface area contributed by atoms with Crippen molar-refractivity contribution in [3.63, 3.8) is 0 Å². The van der Waals surface area contributed by atoms with E-state index in [2.05, 4.69) is 32.3 Å². The minimum atomic E-state index is -0.104. The topological polar surface area (TPSA) is 29.5 Å². The van der Waals surface area contributed by atoms with Crippen LogP contribution in [0.25, 0.3) is 0 Å². The van der Waals surface area contributed by atoms with Gasteiger partial charge in [0.05, 0.1) is 7.11 Å². The summed E-state index contributed by atoms with van der Waals surface area (Å²) in [7, 11) is 1.46. The third-order valence-corrected chi connectivity index (χ3v) is 4.50. The van der Waals surface area contributed by atoms with Crippen LogP contribution in [0, 0.1) is 0 Å². The molecule has 1 atom stereocenters. The Hall–Kier alpha value is -0.390. The molecule has 0 bridgehead atoms. The number of likely N-dealkylation sites (tertiary alicyclic amines) is 1. The van der Waals surface area contributed by atoms with Gasteiger partial charge in [-0.3, -0.25) is 9.69 Å². The molecule has 1 aliphatic rings. The quantitative estimate of drug-likeness (QED) is 0.804. The van der Waals surface area contributed by atoms with E-state index in [9.17, 15) is 4.79 Å². The Labute approximate surface area is 108 Å². The fourth-order valence-electron chi connectivity index (χ4n) is 2.06. The molecule has 3 nitrogen and oxygen atoms in total. The number of esters is 1. The zero-order chi connectivity index (χ0) is 11.5. The maximum atomic E-state index is 11.6. The molecular weight excluding hydrogens is 290 g/mol. The van der Waals surface area contributed by atoms with Crippen molar-refractivity contribution in [1.82, 2.24) is 4.90 Å². The lowest BCUT2D eigenvalue weighted by atomic mass is 10.2. The Morgan fingerprint density at radius 2 is 2.56 bits per heavy atom. The summed E-state index contributed by atoms with van der Waals surface area (Å²) in [5.41, 5.74) is 0. The number of hydrogen-bond donors (Lipinski definition) is 0. The average Bonchev–Trinajstić information content (AvgIpc) is 2.87. The number of hydrogen-bond acceptors (Lipinski definition) is 4. The molecule has 0 aromatic carbocycles. The Bertz CT molecular complexity index is 380. The molecule has 88 valence electrons. The molecule has 1 unspecified atom stereocenters. The fourth-order valence-corrected chi connectivity index (χ4v) is 3.53. The van der Waals surface area contributed by atoms with Gasteiger partial charge in [-0.25, -0.2) is 0 Å². The molecule has 5 heteroatoms. The first-order valence-electron chi connectivity index (χ1n) is 5.25. The zero-order valence-corrected chi connectivity index (χ0v) is 11.5. The van der Waals surface area contributed by atoms with Crippen molar-refractivity contribution in [2.45, 2.75) is 25.4 Å². The van der Waals surface area contributed by atoms with Crippen molar-refractivity contribution < 1.29 is 9.53 Å². The number of rotatable bonds is 3. The van der Waals surface area contributed by atoms with Crippen molar-refractivity contribution in [3.8, 4) is 0 Å². The van der Waals surface area contributed by atoms with Gasteiger partial charge in [-0.15, -0.1) is 11.3 Å². The SMILES string of the molecule is COC(=O)C1CCCN1Cc1cc(Br)cs1. The predicted octanol–water partition coefficient (Wildman–Crippen LogP) is 2.65. The van der Waals surface area contributed by atoms with Gasteiger partial charge < -0.3 is 4.74 Å². The predicted molar refractivity (Wildman–Crippen MR) is 67.5 cm³/mol. The van der Waals surface area contributed by atoms with Gasteiger partial charge in [0.15, 0.2) is 0 Å². The molecule has 1 aromatic heterocycles. The third-order valence-electron chi connectivity index (χ3n) is 2.82. The summed E-state index contributed by atoms with van der Waals surface area (Å²) in [6.45, 7) is 1.82. The Morgan fingerprint density at radius 1 is 1.75 bits per heavy atom. The highest BCUT2D eigenvalue weighted by atomic mass is 79.9. The lowest BCUT2D eigenvalue weighted by Crippen LogP contribution is -2.36. The molecule has 0 aliphatic carbocycles. The van der Waals surface area contributed by atoms with E-state index < -0.39 is 0 Å². The van der Waals surface area contributed by atoms with Crippen LogP contribution in [0.15, 0.2) is 15.9 Å². The van der Waals surface area contributed by atoms with E-state index in [1.165, 1.54) is 12.0 Å². The van der Waals surface area contributed by atoms with E-state index in [1.54, 1.807) is 11.3 Å². The van der Waals surface area contributed by atoms with Crippen LogP contribution in [0.2, 0.25) is 0 Å². The monoisotopic (exact) mass is 303 g/mol. The lowest BCUT2D eigenvalue weighted by Gasteiger charge is -2.21. The highest BCUT2D eigenvalue weighted by Gasteiger charge is 2.31. The van der Waals surface area contributed by atoms with Crippen LogP contribution in [0.3, 0.4) is 0 Å². The van der Waals surface area contributed by atoms with Crippen molar-refractivity contribution in [1.29, 1.82) is 0 Å². The van der Waals surface area contributed by atoms with Gasteiger partial charge in [0.1, 0.15) is 6.04 Å². The second-order valence-electron chi connectivity index (χ2n) is 3.88. The van der Waals surface area contributed by atoms with Crippen molar-refractivity contribution in [3.05, 3.63) is 20.8 Å². The van der Waals surface area contributed by atoms with Crippen LogP contribution >= 0.6 is 27.3 Å². The van der Waals surface area contributed by atoms with Gasteiger partial charge in [-0.05, 0) is 41.4 Å². The smallest absolute Gasteiger partial charge is 0.323 e. The Kier molecular flexibility index (Phi) is 4.00. The fraction of sp³-hybridized carbons (Fsp3) is 0.545. The molecule has 1 fully saturated rings. The third kappa shape index (κ3) is 2.64. The van der Waals surface area contributed by atoms with Crippen LogP contribution < -0.4 is 0 Å². The number of halogens is 1.